The number of hydrogen-bond acceptors (Lipinski definition) is 11. The third kappa shape index (κ3) is 10.8. The van der Waals surface area contributed by atoms with Gasteiger partial charge >= 0.3 is 18.3 Å². The number of carboxylic acid groups (broad SMARTS) is 1. The largest absolute Gasteiger partial charge is 0.465 e. The highest BCUT2D eigenvalue weighted by molar-refractivity contribution is 5.69. The molecule has 1 unspecified atom stereocenters. The molecule has 2 aliphatic rings. The van der Waals surface area contributed by atoms with E-state index in [1.807, 2.05) is 0 Å². The molecule has 17 heteroatoms. The summed E-state index contributed by atoms with van der Waals surface area (Å²) in [6.07, 6.45) is -9.65. The molecule has 1 saturated carbocycles. The van der Waals surface area contributed by atoms with Gasteiger partial charge in [0.15, 0.2) is 0 Å². The van der Waals surface area contributed by atoms with E-state index in [2.05, 4.69) is 26.0 Å². The summed E-state index contributed by atoms with van der Waals surface area (Å²) in [5.41, 5.74) is 11.8. The lowest BCUT2D eigenvalue weighted by Crippen LogP contribution is -2.73. The SMILES string of the molecule is [N-]=[N+]=Nc1cccc(CNC(=O)O)c1C[C@H](O[C@@H]1C(NC(=O)OCc2ccccc2)[C@H](O)[C@@H](NC(=O)OCc2ccccc2)[C@H](O)[C@H]1O)[C@@H]1CCCCO1. The Kier molecular flexibility index (Phi) is 14.4. The van der Waals surface area contributed by atoms with Gasteiger partial charge in [-0.1, -0.05) is 84.0 Å². The number of azide groups is 1. The van der Waals surface area contributed by atoms with Crippen LogP contribution in [0.1, 0.15) is 41.5 Å². The van der Waals surface area contributed by atoms with E-state index in [-0.39, 0.29) is 31.9 Å². The molecule has 1 heterocycles. The van der Waals surface area contributed by atoms with Crippen molar-refractivity contribution >= 4 is 24.0 Å². The van der Waals surface area contributed by atoms with Crippen molar-refractivity contribution in [1.29, 1.82) is 0 Å². The topological polar surface area (TPSA) is 254 Å². The number of nitrogens with zero attached hydrogens (tertiary/aromatic N) is 3. The molecule has 1 saturated heterocycles. The van der Waals surface area contributed by atoms with Gasteiger partial charge in [0, 0.05) is 30.2 Å². The van der Waals surface area contributed by atoms with Gasteiger partial charge in [-0.15, -0.1) is 0 Å². The van der Waals surface area contributed by atoms with Crippen LogP contribution in [0.15, 0.2) is 84.0 Å². The van der Waals surface area contributed by atoms with E-state index in [0.717, 1.165) is 12.8 Å². The van der Waals surface area contributed by atoms with Crippen LogP contribution in [0.3, 0.4) is 0 Å². The molecule has 3 aromatic rings. The van der Waals surface area contributed by atoms with Crippen LogP contribution in [-0.4, -0.2) is 94.0 Å². The summed E-state index contributed by atoms with van der Waals surface area (Å²) in [7, 11) is 0. The standard InChI is InChI=1S/C37H44N6O11/c38-43-42-26-15-9-14-24(19-39-35(47)48)25(26)18-28(27-16-7-8-17-51-27)54-34-30(41-37(50)53-21-23-12-5-2-6-13-23)31(44)29(32(45)33(34)46)40-36(49)52-20-22-10-3-1-4-11-22/h1-6,9-15,27-34,39,44-46H,7-8,16-21H2,(H,40,49)(H,41,50)(H,47,48)/t27-,28-,29+,30?,31+,32-,33+,34+/m0/s1. The zero-order chi connectivity index (χ0) is 38.5. The highest BCUT2D eigenvalue weighted by Crippen LogP contribution is 2.33. The molecule has 3 amide bonds. The third-order valence-corrected chi connectivity index (χ3v) is 9.34. The Balaban J connectivity index is 1.43. The summed E-state index contributed by atoms with van der Waals surface area (Å²) in [5.74, 6) is 0. The number of carbonyl (C=O) groups is 3. The lowest BCUT2D eigenvalue weighted by atomic mass is 9.81. The number of ether oxygens (including phenoxy) is 4. The summed E-state index contributed by atoms with van der Waals surface area (Å²) in [4.78, 5) is 40.4. The number of aliphatic hydroxyl groups excluding tert-OH is 3. The first-order chi connectivity index (χ1) is 26.1. The van der Waals surface area contributed by atoms with Gasteiger partial charge in [-0.3, -0.25) is 0 Å². The van der Waals surface area contributed by atoms with Gasteiger partial charge in [0.25, 0.3) is 0 Å². The molecule has 3 aromatic carbocycles. The molecule has 1 aliphatic heterocycles. The van der Waals surface area contributed by atoms with E-state index in [9.17, 15) is 40.3 Å². The second-order valence-corrected chi connectivity index (χ2v) is 12.9. The van der Waals surface area contributed by atoms with Crippen LogP contribution >= 0.6 is 0 Å². The van der Waals surface area contributed by atoms with Crippen LogP contribution in [-0.2, 0) is 45.1 Å². The van der Waals surface area contributed by atoms with E-state index >= 15 is 0 Å². The molecule has 7 N–H and O–H groups in total. The predicted molar refractivity (Wildman–Crippen MR) is 191 cm³/mol. The summed E-state index contributed by atoms with van der Waals surface area (Å²) in [6, 6.07) is 19.5. The number of rotatable bonds is 14. The summed E-state index contributed by atoms with van der Waals surface area (Å²) < 4.78 is 23.4. The summed E-state index contributed by atoms with van der Waals surface area (Å²) in [6.45, 7) is 0.0185. The maximum Gasteiger partial charge on any atom is 0.407 e. The number of benzene rings is 3. The van der Waals surface area contributed by atoms with Gasteiger partial charge in [0.05, 0.1) is 30.4 Å². The summed E-state index contributed by atoms with van der Waals surface area (Å²) >= 11 is 0. The molecule has 0 aromatic heterocycles. The normalized spacial score (nSPS) is 24.2. The second-order valence-electron chi connectivity index (χ2n) is 12.9. The molecule has 54 heavy (non-hydrogen) atoms. The fourth-order valence-electron chi connectivity index (χ4n) is 6.61. The fraction of sp³-hybridized carbons (Fsp3) is 0.432. The van der Waals surface area contributed by atoms with Crippen molar-refractivity contribution in [2.75, 3.05) is 6.61 Å². The minimum absolute atomic E-state index is 0.0232. The Morgan fingerprint density at radius 3 is 2.04 bits per heavy atom. The van der Waals surface area contributed by atoms with E-state index in [1.165, 1.54) is 0 Å². The molecule has 288 valence electrons. The average molecular weight is 749 g/mol. The van der Waals surface area contributed by atoms with E-state index in [1.54, 1.807) is 78.9 Å². The van der Waals surface area contributed by atoms with Crippen LogP contribution in [0.4, 0.5) is 20.1 Å². The summed E-state index contributed by atoms with van der Waals surface area (Å²) in [5, 5.41) is 55.1. The van der Waals surface area contributed by atoms with E-state index < -0.39 is 67.0 Å². The zero-order valence-corrected chi connectivity index (χ0v) is 29.3. The lowest BCUT2D eigenvalue weighted by Gasteiger charge is -2.47. The first kappa shape index (κ1) is 39.8. The zero-order valence-electron chi connectivity index (χ0n) is 29.3. The molecule has 2 fully saturated rings. The predicted octanol–water partition coefficient (Wildman–Crippen LogP) is 3.95. The number of aliphatic hydroxyl groups is 3. The number of amides is 3. The molecule has 8 atom stereocenters. The number of nitrogens with one attached hydrogen (secondary N) is 3. The lowest BCUT2D eigenvalue weighted by molar-refractivity contribution is -0.202. The Hall–Kier alpha value is -5.42. The molecule has 0 bridgehead atoms. The first-order valence-electron chi connectivity index (χ1n) is 17.5. The van der Waals surface area contributed by atoms with Crippen molar-refractivity contribution in [3.8, 4) is 0 Å². The quantitative estimate of drug-likeness (QED) is 0.0706. The van der Waals surface area contributed by atoms with Gasteiger partial charge in [-0.2, -0.15) is 0 Å². The van der Waals surface area contributed by atoms with Crippen LogP contribution in [0, 0.1) is 0 Å². The molecule has 17 nitrogen and oxygen atoms in total. The van der Waals surface area contributed by atoms with Crippen molar-refractivity contribution in [2.24, 2.45) is 5.11 Å². The van der Waals surface area contributed by atoms with Gasteiger partial charge < -0.3 is 55.3 Å². The fourth-order valence-corrected chi connectivity index (χ4v) is 6.61. The van der Waals surface area contributed by atoms with Crippen LogP contribution in [0.2, 0.25) is 0 Å². The van der Waals surface area contributed by atoms with Crippen molar-refractivity contribution in [3.63, 3.8) is 0 Å². The van der Waals surface area contributed by atoms with E-state index in [0.29, 0.717) is 35.3 Å². The van der Waals surface area contributed by atoms with Gasteiger partial charge in [0.2, 0.25) is 0 Å². The monoisotopic (exact) mass is 748 g/mol. The molecular weight excluding hydrogens is 704 g/mol. The number of carbonyl (C=O) groups excluding carboxylic acids is 2. The molecule has 0 radical (unpaired) electrons. The molecule has 0 spiro atoms. The van der Waals surface area contributed by atoms with Crippen LogP contribution < -0.4 is 16.0 Å². The number of alkyl carbamates (subject to hydrolysis) is 2. The average Bonchev–Trinajstić information content (AvgIpc) is 3.19. The second kappa shape index (κ2) is 19.6. The van der Waals surface area contributed by atoms with Gasteiger partial charge in [-0.25, -0.2) is 14.4 Å². The minimum atomic E-state index is -1.81. The highest BCUT2D eigenvalue weighted by atomic mass is 16.6. The Morgan fingerprint density at radius 2 is 1.46 bits per heavy atom. The van der Waals surface area contributed by atoms with Crippen LogP contribution in [0.5, 0.6) is 0 Å². The van der Waals surface area contributed by atoms with Crippen molar-refractivity contribution in [3.05, 3.63) is 112 Å². The number of hydrogen-bond donors (Lipinski definition) is 7. The Bertz CT molecular complexity index is 1740. The smallest absolute Gasteiger partial charge is 0.407 e. The molecular formula is C37H44N6O11. The maximum absolute atomic E-state index is 13.2. The van der Waals surface area contributed by atoms with Crippen molar-refractivity contribution in [1.82, 2.24) is 16.0 Å². The Labute approximate surface area is 310 Å². The molecule has 5 rings (SSSR count). The highest BCUT2D eigenvalue weighted by Gasteiger charge is 2.52. The van der Waals surface area contributed by atoms with Gasteiger partial charge in [0.1, 0.15) is 31.5 Å². The van der Waals surface area contributed by atoms with E-state index in [4.69, 9.17) is 18.9 Å². The third-order valence-electron chi connectivity index (χ3n) is 9.34. The minimum Gasteiger partial charge on any atom is -0.465 e. The first-order valence-corrected chi connectivity index (χ1v) is 17.5. The van der Waals surface area contributed by atoms with Gasteiger partial charge in [-0.05, 0) is 47.0 Å². The Morgan fingerprint density at radius 1 is 0.833 bits per heavy atom. The van der Waals surface area contributed by atoms with Crippen molar-refractivity contribution < 1.29 is 53.8 Å². The van der Waals surface area contributed by atoms with Crippen LogP contribution in [0.25, 0.3) is 10.4 Å². The molecule has 1 aliphatic carbocycles. The van der Waals surface area contributed by atoms with Crippen molar-refractivity contribution in [2.45, 2.75) is 94.1 Å². The maximum atomic E-state index is 13.2.